The number of anilines is 1. The molecule has 5 N–H and O–H groups in total. The Kier molecular flexibility index (Phi) is 8.05. The normalized spacial score (nSPS) is 17.4. The van der Waals surface area contributed by atoms with Crippen LogP contribution in [0.3, 0.4) is 0 Å². The molecule has 0 aromatic carbocycles. The second kappa shape index (κ2) is 11.6. The van der Waals surface area contributed by atoms with E-state index in [1.807, 2.05) is 24.5 Å². The molecule has 1 aliphatic heterocycles. The summed E-state index contributed by atoms with van der Waals surface area (Å²) in [5.41, 5.74) is 9.30. The Morgan fingerprint density at radius 1 is 1.09 bits per heavy atom. The van der Waals surface area contributed by atoms with Gasteiger partial charge < -0.3 is 16.0 Å². The number of thioether (sulfide) groups is 1. The van der Waals surface area contributed by atoms with E-state index < -0.39 is 5.91 Å². The number of amides is 2. The van der Waals surface area contributed by atoms with Crippen molar-refractivity contribution in [2.45, 2.75) is 44.7 Å². The van der Waals surface area contributed by atoms with E-state index in [2.05, 4.69) is 42.7 Å². The number of aromatic amines is 1. The second-order valence-electron chi connectivity index (χ2n) is 8.00. The minimum atomic E-state index is -0.415. The van der Waals surface area contributed by atoms with Gasteiger partial charge in [-0.3, -0.25) is 19.9 Å². The van der Waals surface area contributed by atoms with Crippen molar-refractivity contribution >= 4 is 34.9 Å². The van der Waals surface area contributed by atoms with Gasteiger partial charge in [-0.2, -0.15) is 0 Å². The molecule has 2 amide bonds. The Labute approximate surface area is 202 Å². The molecule has 0 bridgehead atoms. The van der Waals surface area contributed by atoms with Gasteiger partial charge in [0.1, 0.15) is 0 Å². The zero-order valence-electron chi connectivity index (χ0n) is 18.7. The number of carbonyl (C=O) groups excluding carboxylic acids is 2. The zero-order valence-corrected chi connectivity index (χ0v) is 19.5. The molecule has 9 nitrogen and oxygen atoms in total. The van der Waals surface area contributed by atoms with Crippen LogP contribution in [0.1, 0.15) is 43.4 Å². The van der Waals surface area contributed by atoms with Crippen molar-refractivity contribution in [3.8, 4) is 11.4 Å². The summed E-state index contributed by atoms with van der Waals surface area (Å²) in [4.78, 5) is 37.7. The molecule has 176 valence electrons. The fourth-order valence-electron chi connectivity index (χ4n) is 3.89. The maximum Gasteiger partial charge on any atom is 0.290 e. The van der Waals surface area contributed by atoms with Crippen LogP contribution in [0.2, 0.25) is 0 Å². The number of imide groups is 1. The second-order valence-corrected chi connectivity index (χ2v) is 9.02. The fraction of sp³-hybridized carbons (Fsp3) is 0.292. The molecule has 4 heterocycles. The summed E-state index contributed by atoms with van der Waals surface area (Å²) in [6, 6.07) is 10.6. The molecular formula is C24H27N7O2S. The first-order valence-electron chi connectivity index (χ1n) is 11.2. The van der Waals surface area contributed by atoms with Gasteiger partial charge in [-0.25, -0.2) is 9.97 Å². The average molecular weight is 478 g/mol. The third kappa shape index (κ3) is 6.52. The fourth-order valence-corrected chi connectivity index (χ4v) is 4.55. The van der Waals surface area contributed by atoms with Crippen LogP contribution in [-0.4, -0.2) is 37.1 Å². The van der Waals surface area contributed by atoms with Crippen LogP contribution >= 0.6 is 11.8 Å². The van der Waals surface area contributed by atoms with Gasteiger partial charge in [0, 0.05) is 31.2 Å². The lowest BCUT2D eigenvalue weighted by Crippen LogP contribution is -2.30. The van der Waals surface area contributed by atoms with E-state index in [0.717, 1.165) is 29.7 Å². The SMILES string of the molecule is Nc1nccc(/C=C2\SC(=O)NC2=O)n1.c1c[nH]c(-c2ncccc2CNC2CCCCC2)c1. The smallest absolute Gasteiger partial charge is 0.290 e. The molecule has 0 radical (unpaired) electrons. The van der Waals surface area contributed by atoms with Gasteiger partial charge in [0.05, 0.1) is 22.0 Å². The molecule has 3 aromatic heterocycles. The van der Waals surface area contributed by atoms with Gasteiger partial charge in [-0.15, -0.1) is 0 Å². The van der Waals surface area contributed by atoms with E-state index in [9.17, 15) is 9.59 Å². The molecule has 0 unspecified atom stereocenters. The van der Waals surface area contributed by atoms with E-state index in [1.165, 1.54) is 49.9 Å². The summed E-state index contributed by atoms with van der Waals surface area (Å²) in [6.07, 6.45) is 13.6. The quantitative estimate of drug-likeness (QED) is 0.406. The summed E-state index contributed by atoms with van der Waals surface area (Å²) in [5, 5.41) is 5.45. The number of H-pyrrole nitrogens is 1. The van der Waals surface area contributed by atoms with Gasteiger partial charge in [-0.05, 0) is 60.5 Å². The van der Waals surface area contributed by atoms with Crippen molar-refractivity contribution < 1.29 is 9.59 Å². The van der Waals surface area contributed by atoms with Gasteiger partial charge in [0.25, 0.3) is 11.1 Å². The molecule has 2 aliphatic rings. The van der Waals surface area contributed by atoms with Crippen molar-refractivity contribution in [1.82, 2.24) is 30.6 Å². The highest BCUT2D eigenvalue weighted by atomic mass is 32.2. The standard InChI is InChI=1S/C16H21N3.C8H6N4O2S/c1-2-7-14(8-3-1)19-12-13-6-4-11-18-16(13)15-9-5-10-17-15;9-7-10-2-1-4(11-7)3-5-6(13)12-8(14)15-5/h4-6,9-11,14,17,19H,1-3,7-8,12H2;1-3H,(H2,9,10,11)(H,12,13,14)/b;5-3-. The maximum atomic E-state index is 11.2. The van der Waals surface area contributed by atoms with Crippen LogP contribution < -0.4 is 16.4 Å². The third-order valence-corrected chi connectivity index (χ3v) is 6.36. The number of rotatable bonds is 5. The Morgan fingerprint density at radius 3 is 2.65 bits per heavy atom. The van der Waals surface area contributed by atoms with Gasteiger partial charge in [0.2, 0.25) is 5.95 Å². The van der Waals surface area contributed by atoms with Gasteiger partial charge >= 0.3 is 0 Å². The molecule has 0 atom stereocenters. The molecule has 34 heavy (non-hydrogen) atoms. The van der Waals surface area contributed by atoms with E-state index in [0.29, 0.717) is 16.6 Å². The van der Waals surface area contributed by atoms with Crippen molar-refractivity contribution in [2.24, 2.45) is 0 Å². The van der Waals surface area contributed by atoms with Crippen LogP contribution in [0.5, 0.6) is 0 Å². The molecule has 1 saturated carbocycles. The van der Waals surface area contributed by atoms with Crippen molar-refractivity contribution in [3.63, 3.8) is 0 Å². The summed E-state index contributed by atoms with van der Waals surface area (Å²) in [7, 11) is 0. The molecule has 10 heteroatoms. The number of nitrogens with zero attached hydrogens (tertiary/aromatic N) is 3. The molecular weight excluding hydrogens is 450 g/mol. The first kappa shape index (κ1) is 23.7. The van der Waals surface area contributed by atoms with Crippen molar-refractivity contribution in [3.05, 3.63) is 65.1 Å². The number of nitrogens with two attached hydrogens (primary N) is 1. The molecule has 0 spiro atoms. The minimum Gasteiger partial charge on any atom is -0.368 e. The van der Waals surface area contributed by atoms with Crippen LogP contribution in [0.25, 0.3) is 17.5 Å². The van der Waals surface area contributed by atoms with Gasteiger partial charge in [0.15, 0.2) is 0 Å². The lowest BCUT2D eigenvalue weighted by atomic mass is 9.95. The Balaban J connectivity index is 0.000000166. The lowest BCUT2D eigenvalue weighted by molar-refractivity contribution is -0.115. The minimum absolute atomic E-state index is 0.124. The number of hydrogen-bond acceptors (Lipinski definition) is 8. The molecule has 1 saturated heterocycles. The predicted molar refractivity (Wildman–Crippen MR) is 133 cm³/mol. The van der Waals surface area contributed by atoms with E-state index in [1.54, 1.807) is 6.07 Å². The van der Waals surface area contributed by atoms with E-state index in [4.69, 9.17) is 5.73 Å². The largest absolute Gasteiger partial charge is 0.368 e. The highest BCUT2D eigenvalue weighted by Crippen LogP contribution is 2.25. The zero-order chi connectivity index (χ0) is 23.8. The van der Waals surface area contributed by atoms with Gasteiger partial charge in [-0.1, -0.05) is 25.3 Å². The van der Waals surface area contributed by atoms with Crippen LogP contribution in [0.4, 0.5) is 10.7 Å². The van der Waals surface area contributed by atoms with Crippen LogP contribution in [0.15, 0.2) is 53.8 Å². The molecule has 1 aliphatic carbocycles. The summed E-state index contributed by atoms with van der Waals surface area (Å²) >= 11 is 0.835. The van der Waals surface area contributed by atoms with Crippen LogP contribution in [-0.2, 0) is 11.3 Å². The predicted octanol–water partition coefficient (Wildman–Crippen LogP) is 3.88. The average Bonchev–Trinajstić information content (AvgIpc) is 3.49. The van der Waals surface area contributed by atoms with Crippen molar-refractivity contribution in [2.75, 3.05) is 5.73 Å². The Morgan fingerprint density at radius 2 is 1.94 bits per heavy atom. The molecule has 2 fully saturated rings. The van der Waals surface area contributed by atoms with E-state index in [-0.39, 0.29) is 11.2 Å². The number of carbonyl (C=O) groups is 2. The van der Waals surface area contributed by atoms with Crippen LogP contribution in [0, 0.1) is 0 Å². The first-order chi connectivity index (χ1) is 16.6. The number of nitrogen functional groups attached to an aromatic ring is 1. The summed E-state index contributed by atoms with van der Waals surface area (Å²) in [5.74, 6) is -0.290. The molecule has 3 aromatic rings. The van der Waals surface area contributed by atoms with Crippen molar-refractivity contribution in [1.29, 1.82) is 0 Å². The van der Waals surface area contributed by atoms with E-state index >= 15 is 0 Å². The lowest BCUT2D eigenvalue weighted by Gasteiger charge is -2.23. The molecule has 5 rings (SSSR count). The summed E-state index contributed by atoms with van der Waals surface area (Å²) in [6.45, 7) is 0.910. The number of pyridine rings is 1. The number of hydrogen-bond donors (Lipinski definition) is 4. The topological polar surface area (TPSA) is 139 Å². The summed E-state index contributed by atoms with van der Waals surface area (Å²) < 4.78 is 0. The highest BCUT2D eigenvalue weighted by molar-refractivity contribution is 8.18. The number of nitrogens with one attached hydrogen (secondary N) is 3. The Bertz CT molecular complexity index is 1160. The Hall–Kier alpha value is -3.50. The highest BCUT2D eigenvalue weighted by Gasteiger charge is 2.25. The monoisotopic (exact) mass is 477 g/mol. The first-order valence-corrected chi connectivity index (χ1v) is 12.0. The maximum absolute atomic E-state index is 11.2. The number of aromatic nitrogens is 4. The third-order valence-electron chi connectivity index (χ3n) is 5.55.